The molecule has 1 aromatic carbocycles. The van der Waals surface area contributed by atoms with Crippen molar-refractivity contribution in [3.63, 3.8) is 0 Å². The summed E-state index contributed by atoms with van der Waals surface area (Å²) in [4.78, 5) is 18.2. The van der Waals surface area contributed by atoms with E-state index in [1.54, 1.807) is 17.4 Å². The quantitative estimate of drug-likeness (QED) is 0.883. The molecule has 1 aliphatic heterocycles. The monoisotopic (exact) mass is 247 g/mol. The number of para-hydroxylation sites is 1. The number of anilines is 1. The summed E-state index contributed by atoms with van der Waals surface area (Å²) in [6.07, 6.45) is 2.44. The highest BCUT2D eigenvalue weighted by molar-refractivity contribution is 7.22. The molecule has 0 radical (unpaired) electrons. The number of benzene rings is 1. The van der Waals surface area contributed by atoms with E-state index in [1.165, 1.54) is 12.8 Å². The molecule has 1 fully saturated rings. The number of primary amides is 1. The Morgan fingerprint density at radius 3 is 2.82 bits per heavy atom. The Hall–Kier alpha value is -1.62. The zero-order valence-electron chi connectivity index (χ0n) is 9.35. The Morgan fingerprint density at radius 1 is 1.35 bits per heavy atom. The van der Waals surface area contributed by atoms with Gasteiger partial charge in [0, 0.05) is 13.1 Å². The van der Waals surface area contributed by atoms with Crippen LogP contribution in [0.15, 0.2) is 18.2 Å². The van der Waals surface area contributed by atoms with Gasteiger partial charge in [-0.25, -0.2) is 4.98 Å². The van der Waals surface area contributed by atoms with Crippen LogP contribution in [0.4, 0.5) is 5.13 Å². The molecule has 1 saturated heterocycles. The zero-order chi connectivity index (χ0) is 11.8. The molecule has 17 heavy (non-hydrogen) atoms. The van der Waals surface area contributed by atoms with E-state index < -0.39 is 5.91 Å². The normalized spacial score (nSPS) is 15.6. The van der Waals surface area contributed by atoms with Crippen LogP contribution in [0.3, 0.4) is 0 Å². The van der Waals surface area contributed by atoms with Gasteiger partial charge in [0.2, 0.25) is 0 Å². The first-order chi connectivity index (χ1) is 8.25. The maximum Gasteiger partial charge on any atom is 0.250 e. The second-order valence-corrected chi connectivity index (χ2v) is 5.22. The first-order valence-electron chi connectivity index (χ1n) is 5.70. The summed E-state index contributed by atoms with van der Waals surface area (Å²) in [6, 6.07) is 5.57. The summed E-state index contributed by atoms with van der Waals surface area (Å²) in [5, 5.41) is 1.01. The van der Waals surface area contributed by atoms with E-state index in [4.69, 9.17) is 5.73 Å². The predicted octanol–water partition coefficient (Wildman–Crippen LogP) is 2.00. The lowest BCUT2D eigenvalue weighted by Crippen LogP contribution is -2.17. The largest absolute Gasteiger partial charge is 0.366 e. The Bertz CT molecular complexity index is 572. The topological polar surface area (TPSA) is 59.2 Å². The molecule has 88 valence electrons. The van der Waals surface area contributed by atoms with Gasteiger partial charge < -0.3 is 10.6 Å². The molecule has 1 aliphatic rings. The number of thiazole rings is 1. The number of amides is 1. The van der Waals surface area contributed by atoms with Crippen LogP contribution in [0.5, 0.6) is 0 Å². The zero-order valence-corrected chi connectivity index (χ0v) is 10.2. The smallest absolute Gasteiger partial charge is 0.250 e. The fourth-order valence-electron chi connectivity index (χ4n) is 2.18. The molecule has 0 atom stereocenters. The van der Waals surface area contributed by atoms with Gasteiger partial charge in [-0.05, 0) is 25.0 Å². The van der Waals surface area contributed by atoms with Gasteiger partial charge in [-0.1, -0.05) is 17.4 Å². The van der Waals surface area contributed by atoms with E-state index >= 15 is 0 Å². The minimum absolute atomic E-state index is 0.408. The van der Waals surface area contributed by atoms with Crippen molar-refractivity contribution in [3.05, 3.63) is 23.8 Å². The summed E-state index contributed by atoms with van der Waals surface area (Å²) in [7, 11) is 0. The fraction of sp³-hybridized carbons (Fsp3) is 0.333. The first-order valence-corrected chi connectivity index (χ1v) is 6.51. The van der Waals surface area contributed by atoms with E-state index in [2.05, 4.69) is 9.88 Å². The van der Waals surface area contributed by atoms with Crippen molar-refractivity contribution in [1.82, 2.24) is 4.98 Å². The molecular formula is C12H13N3OS. The summed E-state index contributed by atoms with van der Waals surface area (Å²) in [5.74, 6) is -0.408. The molecule has 2 aromatic rings. The van der Waals surface area contributed by atoms with E-state index in [0.29, 0.717) is 5.56 Å². The van der Waals surface area contributed by atoms with Crippen molar-refractivity contribution in [1.29, 1.82) is 0 Å². The van der Waals surface area contributed by atoms with Gasteiger partial charge in [0.25, 0.3) is 5.91 Å². The summed E-state index contributed by atoms with van der Waals surface area (Å²) in [5.41, 5.74) is 6.61. The van der Waals surface area contributed by atoms with Crippen molar-refractivity contribution < 1.29 is 4.79 Å². The molecule has 0 spiro atoms. The molecule has 5 heteroatoms. The lowest BCUT2D eigenvalue weighted by Gasteiger charge is -2.11. The summed E-state index contributed by atoms with van der Waals surface area (Å²) < 4.78 is 1.03. The Balaban J connectivity index is 2.11. The SMILES string of the molecule is NC(=O)c1cccc2sc(N3CCCC3)nc12. The predicted molar refractivity (Wildman–Crippen MR) is 69.6 cm³/mol. The standard InChI is InChI=1S/C12H13N3OS/c13-11(16)8-4-3-5-9-10(8)14-12(17-9)15-6-1-2-7-15/h3-5H,1-2,6-7H2,(H2,13,16). The third-order valence-electron chi connectivity index (χ3n) is 3.05. The van der Waals surface area contributed by atoms with Crippen LogP contribution in [0.2, 0.25) is 0 Å². The molecule has 3 rings (SSSR count). The van der Waals surface area contributed by atoms with Crippen molar-refractivity contribution in [2.24, 2.45) is 5.73 Å². The molecular weight excluding hydrogens is 234 g/mol. The van der Waals surface area contributed by atoms with Crippen LogP contribution in [0, 0.1) is 0 Å². The minimum Gasteiger partial charge on any atom is -0.366 e. The van der Waals surface area contributed by atoms with Crippen LogP contribution < -0.4 is 10.6 Å². The lowest BCUT2D eigenvalue weighted by atomic mass is 10.2. The Labute approximate surface area is 103 Å². The molecule has 0 bridgehead atoms. The molecule has 2 N–H and O–H groups in total. The molecule has 2 heterocycles. The highest BCUT2D eigenvalue weighted by Crippen LogP contribution is 2.32. The number of carbonyl (C=O) groups excluding carboxylic acids is 1. The van der Waals surface area contributed by atoms with Gasteiger partial charge >= 0.3 is 0 Å². The average molecular weight is 247 g/mol. The van der Waals surface area contributed by atoms with Crippen molar-refractivity contribution in [2.45, 2.75) is 12.8 Å². The van der Waals surface area contributed by atoms with Gasteiger partial charge in [-0.15, -0.1) is 0 Å². The third-order valence-corrected chi connectivity index (χ3v) is 4.13. The van der Waals surface area contributed by atoms with Crippen molar-refractivity contribution >= 4 is 32.6 Å². The maximum atomic E-state index is 11.3. The number of fused-ring (bicyclic) bond motifs is 1. The molecule has 0 saturated carbocycles. The minimum atomic E-state index is -0.408. The highest BCUT2D eigenvalue weighted by atomic mass is 32.1. The van der Waals surface area contributed by atoms with Crippen LogP contribution >= 0.6 is 11.3 Å². The maximum absolute atomic E-state index is 11.3. The van der Waals surface area contributed by atoms with E-state index in [9.17, 15) is 4.79 Å². The van der Waals surface area contributed by atoms with Crippen molar-refractivity contribution in [2.75, 3.05) is 18.0 Å². The Morgan fingerprint density at radius 2 is 2.12 bits per heavy atom. The van der Waals surface area contributed by atoms with E-state index in [1.807, 2.05) is 12.1 Å². The number of nitrogens with zero attached hydrogens (tertiary/aromatic N) is 2. The van der Waals surface area contributed by atoms with Crippen LogP contribution in [-0.4, -0.2) is 24.0 Å². The van der Waals surface area contributed by atoms with Gasteiger partial charge in [-0.3, -0.25) is 4.79 Å². The number of hydrogen-bond donors (Lipinski definition) is 1. The second-order valence-electron chi connectivity index (χ2n) is 4.21. The average Bonchev–Trinajstić information content (AvgIpc) is 2.96. The van der Waals surface area contributed by atoms with Gasteiger partial charge in [0.1, 0.15) is 0 Å². The highest BCUT2D eigenvalue weighted by Gasteiger charge is 2.18. The molecule has 1 aromatic heterocycles. The number of carbonyl (C=O) groups is 1. The number of nitrogens with two attached hydrogens (primary N) is 1. The van der Waals surface area contributed by atoms with E-state index in [0.717, 1.165) is 28.4 Å². The second kappa shape index (κ2) is 4.00. The molecule has 1 amide bonds. The van der Waals surface area contributed by atoms with Gasteiger partial charge in [0.15, 0.2) is 5.13 Å². The third kappa shape index (κ3) is 1.76. The van der Waals surface area contributed by atoms with Gasteiger partial charge in [-0.2, -0.15) is 0 Å². The first kappa shape index (κ1) is 10.5. The van der Waals surface area contributed by atoms with Crippen LogP contribution in [0.1, 0.15) is 23.2 Å². The van der Waals surface area contributed by atoms with Gasteiger partial charge in [0.05, 0.1) is 15.8 Å². The van der Waals surface area contributed by atoms with E-state index in [-0.39, 0.29) is 0 Å². The Kier molecular flexibility index (Phi) is 2.48. The summed E-state index contributed by atoms with van der Waals surface area (Å²) >= 11 is 1.63. The summed E-state index contributed by atoms with van der Waals surface area (Å²) in [6.45, 7) is 2.12. The van der Waals surface area contributed by atoms with Crippen LogP contribution in [0.25, 0.3) is 10.2 Å². The molecule has 0 aliphatic carbocycles. The van der Waals surface area contributed by atoms with Crippen molar-refractivity contribution in [3.8, 4) is 0 Å². The molecule has 0 unspecified atom stereocenters. The van der Waals surface area contributed by atoms with Crippen LogP contribution in [-0.2, 0) is 0 Å². The molecule has 4 nitrogen and oxygen atoms in total. The number of rotatable bonds is 2. The number of hydrogen-bond acceptors (Lipinski definition) is 4. The number of aromatic nitrogens is 1. The fourth-order valence-corrected chi connectivity index (χ4v) is 3.22. The lowest BCUT2D eigenvalue weighted by molar-refractivity contribution is 0.100.